The molecule has 1 rings (SSSR count). The molecule has 0 bridgehead atoms. The van der Waals surface area contributed by atoms with Crippen LogP contribution in [0.4, 0.5) is 0 Å². The van der Waals surface area contributed by atoms with Crippen molar-refractivity contribution in [2.45, 2.75) is 18.9 Å². The van der Waals surface area contributed by atoms with Crippen LogP contribution in [0, 0.1) is 0 Å². The van der Waals surface area contributed by atoms with Crippen LogP contribution in [0.2, 0.25) is 0 Å². The zero-order valence-corrected chi connectivity index (χ0v) is 8.67. The molecular formula is C9H17N3O2. The third-order valence-corrected chi connectivity index (χ3v) is 2.29. The summed E-state index contributed by atoms with van der Waals surface area (Å²) in [5.41, 5.74) is 0. The quantitative estimate of drug-likeness (QED) is 0.609. The number of hydrogen-bond acceptors (Lipinski definition) is 3. The molecule has 1 heterocycles. The molecule has 0 unspecified atom stereocenters. The maximum atomic E-state index is 11.4. The SMILES string of the molecule is CN(C)C(=O)CNC(=O)[C@H]1CCCN1. The first-order chi connectivity index (χ1) is 6.61. The molecule has 0 radical (unpaired) electrons. The largest absolute Gasteiger partial charge is 0.347 e. The molecule has 1 saturated heterocycles. The molecule has 14 heavy (non-hydrogen) atoms. The lowest BCUT2D eigenvalue weighted by molar-refractivity contribution is -0.131. The fourth-order valence-electron chi connectivity index (χ4n) is 1.35. The van der Waals surface area contributed by atoms with Crippen molar-refractivity contribution in [3.8, 4) is 0 Å². The Bertz CT molecular complexity index is 222. The predicted molar refractivity (Wildman–Crippen MR) is 52.7 cm³/mol. The third kappa shape index (κ3) is 2.99. The first-order valence-electron chi connectivity index (χ1n) is 4.82. The van der Waals surface area contributed by atoms with Gasteiger partial charge in [0.15, 0.2) is 0 Å². The fraction of sp³-hybridized carbons (Fsp3) is 0.778. The van der Waals surface area contributed by atoms with Crippen LogP contribution in [-0.2, 0) is 9.59 Å². The molecule has 5 heteroatoms. The van der Waals surface area contributed by atoms with E-state index in [4.69, 9.17) is 0 Å². The van der Waals surface area contributed by atoms with E-state index >= 15 is 0 Å². The summed E-state index contributed by atoms with van der Waals surface area (Å²) in [5.74, 6) is -0.158. The van der Waals surface area contributed by atoms with Crippen LogP contribution in [0.25, 0.3) is 0 Å². The zero-order valence-electron chi connectivity index (χ0n) is 8.67. The van der Waals surface area contributed by atoms with Gasteiger partial charge >= 0.3 is 0 Å². The Morgan fingerprint density at radius 1 is 1.50 bits per heavy atom. The van der Waals surface area contributed by atoms with Gasteiger partial charge in [-0.25, -0.2) is 0 Å². The number of likely N-dealkylation sites (N-methyl/N-ethyl adjacent to an activating group) is 1. The van der Waals surface area contributed by atoms with Gasteiger partial charge < -0.3 is 15.5 Å². The van der Waals surface area contributed by atoms with E-state index < -0.39 is 0 Å². The molecule has 1 atom stereocenters. The Kier molecular flexibility index (Phi) is 3.88. The topological polar surface area (TPSA) is 61.4 Å². The monoisotopic (exact) mass is 199 g/mol. The molecule has 1 aliphatic rings. The molecule has 0 spiro atoms. The number of amides is 2. The first kappa shape index (κ1) is 11.0. The van der Waals surface area contributed by atoms with Gasteiger partial charge in [0, 0.05) is 14.1 Å². The van der Waals surface area contributed by atoms with Gasteiger partial charge in [-0.15, -0.1) is 0 Å². The minimum Gasteiger partial charge on any atom is -0.347 e. The Labute approximate surface area is 83.8 Å². The van der Waals surface area contributed by atoms with E-state index in [1.807, 2.05) is 0 Å². The highest BCUT2D eigenvalue weighted by atomic mass is 16.2. The maximum absolute atomic E-state index is 11.4. The van der Waals surface area contributed by atoms with Crippen LogP contribution in [-0.4, -0.2) is 49.9 Å². The average Bonchev–Trinajstić information content (AvgIpc) is 2.66. The predicted octanol–water partition coefficient (Wildman–Crippen LogP) is -1.06. The van der Waals surface area contributed by atoms with Crippen molar-refractivity contribution >= 4 is 11.8 Å². The van der Waals surface area contributed by atoms with E-state index in [0.717, 1.165) is 19.4 Å². The highest BCUT2D eigenvalue weighted by Gasteiger charge is 2.22. The van der Waals surface area contributed by atoms with Crippen LogP contribution in [0.3, 0.4) is 0 Å². The Morgan fingerprint density at radius 2 is 2.21 bits per heavy atom. The molecule has 5 nitrogen and oxygen atoms in total. The van der Waals surface area contributed by atoms with Crippen LogP contribution >= 0.6 is 0 Å². The van der Waals surface area contributed by atoms with Crippen molar-refractivity contribution in [3.63, 3.8) is 0 Å². The molecule has 0 aliphatic carbocycles. The van der Waals surface area contributed by atoms with E-state index in [9.17, 15) is 9.59 Å². The highest BCUT2D eigenvalue weighted by Crippen LogP contribution is 2.03. The molecule has 0 saturated carbocycles. The summed E-state index contributed by atoms with van der Waals surface area (Å²) >= 11 is 0. The maximum Gasteiger partial charge on any atom is 0.241 e. The van der Waals surface area contributed by atoms with E-state index in [2.05, 4.69) is 10.6 Å². The van der Waals surface area contributed by atoms with Gasteiger partial charge in [-0.3, -0.25) is 9.59 Å². The number of rotatable bonds is 3. The third-order valence-electron chi connectivity index (χ3n) is 2.29. The number of nitrogens with one attached hydrogen (secondary N) is 2. The van der Waals surface area contributed by atoms with E-state index in [1.54, 1.807) is 14.1 Å². The normalized spacial score (nSPS) is 20.6. The van der Waals surface area contributed by atoms with Gasteiger partial charge in [-0.05, 0) is 19.4 Å². The van der Waals surface area contributed by atoms with Gasteiger partial charge in [-0.2, -0.15) is 0 Å². The van der Waals surface area contributed by atoms with Crippen LogP contribution in [0.5, 0.6) is 0 Å². The van der Waals surface area contributed by atoms with Crippen molar-refractivity contribution in [1.82, 2.24) is 15.5 Å². The average molecular weight is 199 g/mol. The molecule has 80 valence electrons. The van der Waals surface area contributed by atoms with Crippen molar-refractivity contribution in [3.05, 3.63) is 0 Å². The van der Waals surface area contributed by atoms with Gasteiger partial charge in [0.05, 0.1) is 12.6 Å². The molecule has 0 aromatic heterocycles. The Hall–Kier alpha value is -1.10. The first-order valence-corrected chi connectivity index (χ1v) is 4.82. The Morgan fingerprint density at radius 3 is 2.71 bits per heavy atom. The molecule has 2 N–H and O–H groups in total. The second-order valence-electron chi connectivity index (χ2n) is 3.65. The lowest BCUT2D eigenvalue weighted by Crippen LogP contribution is -2.44. The smallest absolute Gasteiger partial charge is 0.241 e. The van der Waals surface area contributed by atoms with Crippen molar-refractivity contribution < 1.29 is 9.59 Å². The standard InChI is InChI=1S/C9H17N3O2/c1-12(2)8(13)6-11-9(14)7-4-3-5-10-7/h7,10H,3-6H2,1-2H3,(H,11,14)/t7-/m1/s1. The number of hydrogen-bond donors (Lipinski definition) is 2. The van der Waals surface area contributed by atoms with E-state index in [0.29, 0.717) is 0 Å². The minimum atomic E-state index is -0.107. The van der Waals surface area contributed by atoms with Gasteiger partial charge in [0.25, 0.3) is 0 Å². The highest BCUT2D eigenvalue weighted by molar-refractivity contribution is 5.87. The lowest BCUT2D eigenvalue weighted by Gasteiger charge is -2.13. The summed E-state index contributed by atoms with van der Waals surface area (Å²) in [6.07, 6.45) is 1.89. The molecule has 1 aliphatic heterocycles. The summed E-state index contributed by atoms with van der Waals surface area (Å²) in [7, 11) is 3.34. The molecule has 2 amide bonds. The number of carbonyl (C=O) groups is 2. The van der Waals surface area contributed by atoms with Gasteiger partial charge in [0.2, 0.25) is 11.8 Å². The summed E-state index contributed by atoms with van der Waals surface area (Å²) in [6, 6.07) is -0.107. The lowest BCUT2D eigenvalue weighted by atomic mass is 10.2. The van der Waals surface area contributed by atoms with Crippen molar-refractivity contribution in [2.24, 2.45) is 0 Å². The van der Waals surface area contributed by atoms with Gasteiger partial charge in [0.1, 0.15) is 0 Å². The summed E-state index contributed by atoms with van der Waals surface area (Å²) in [6.45, 7) is 0.976. The van der Waals surface area contributed by atoms with Crippen LogP contribution in [0.15, 0.2) is 0 Å². The van der Waals surface area contributed by atoms with Gasteiger partial charge in [-0.1, -0.05) is 0 Å². The molecule has 0 aromatic carbocycles. The second kappa shape index (κ2) is 4.95. The molecule has 0 aromatic rings. The second-order valence-corrected chi connectivity index (χ2v) is 3.65. The summed E-state index contributed by atoms with van der Waals surface area (Å²) in [5, 5.41) is 5.69. The van der Waals surface area contributed by atoms with Crippen molar-refractivity contribution in [2.75, 3.05) is 27.2 Å². The number of nitrogens with zero attached hydrogens (tertiary/aromatic N) is 1. The zero-order chi connectivity index (χ0) is 10.6. The number of carbonyl (C=O) groups excluding carboxylic acids is 2. The van der Waals surface area contributed by atoms with E-state index in [1.165, 1.54) is 4.90 Å². The van der Waals surface area contributed by atoms with Crippen LogP contribution in [0.1, 0.15) is 12.8 Å². The van der Waals surface area contributed by atoms with Crippen molar-refractivity contribution in [1.29, 1.82) is 0 Å². The Balaban J connectivity index is 2.23. The van der Waals surface area contributed by atoms with Crippen LogP contribution < -0.4 is 10.6 Å². The molecular weight excluding hydrogens is 182 g/mol. The summed E-state index contributed by atoms with van der Waals surface area (Å²) in [4.78, 5) is 24.0. The summed E-state index contributed by atoms with van der Waals surface area (Å²) < 4.78 is 0. The van der Waals surface area contributed by atoms with E-state index in [-0.39, 0.29) is 24.4 Å². The molecule has 1 fully saturated rings. The minimum absolute atomic E-state index is 0.0716. The fourth-order valence-corrected chi connectivity index (χ4v) is 1.35.